The van der Waals surface area contributed by atoms with Gasteiger partial charge in [-0.2, -0.15) is 0 Å². The Bertz CT molecular complexity index is 540. The number of aliphatic hydroxyl groups excluding tert-OH is 2. The molecule has 6 nitrogen and oxygen atoms in total. The van der Waals surface area contributed by atoms with Crippen LogP contribution in [0.25, 0.3) is 0 Å². The van der Waals surface area contributed by atoms with Gasteiger partial charge in [0.15, 0.2) is 6.23 Å². The highest BCUT2D eigenvalue weighted by atomic mass is 31.2. The quantitative estimate of drug-likeness (QED) is 0.654. The largest absolute Gasteiger partial charge is 0.388 e. The van der Waals surface area contributed by atoms with E-state index in [-0.39, 0.29) is 6.10 Å². The van der Waals surface area contributed by atoms with Gasteiger partial charge in [0.1, 0.15) is 23.9 Å². The minimum atomic E-state index is -1.19. The SMILES string of the molecule is C=C1NC(=NC)C=CN1[C@@H]1OC(CCP(=C)(C)C)[C@@H](O)[C@H]1O. The third-order valence-corrected chi connectivity index (χ3v) is 5.32. The van der Waals surface area contributed by atoms with Crippen LogP contribution in [-0.2, 0) is 4.74 Å². The van der Waals surface area contributed by atoms with E-state index in [0.717, 1.165) is 6.16 Å². The van der Waals surface area contributed by atoms with Crippen LogP contribution < -0.4 is 5.32 Å². The fourth-order valence-electron chi connectivity index (χ4n) is 2.54. The summed E-state index contributed by atoms with van der Waals surface area (Å²) < 4.78 is 5.88. The zero-order valence-electron chi connectivity index (χ0n) is 13.4. The number of hydrogen-bond donors (Lipinski definition) is 3. The molecule has 0 aromatic rings. The summed E-state index contributed by atoms with van der Waals surface area (Å²) in [5.41, 5.74) is 0. The van der Waals surface area contributed by atoms with Crippen molar-refractivity contribution >= 4 is 19.0 Å². The van der Waals surface area contributed by atoms with E-state index in [4.69, 9.17) is 4.74 Å². The van der Waals surface area contributed by atoms with E-state index in [9.17, 15) is 10.2 Å². The molecule has 0 bridgehead atoms. The van der Waals surface area contributed by atoms with Crippen molar-refractivity contribution in [1.82, 2.24) is 10.2 Å². The third kappa shape index (κ3) is 3.82. The van der Waals surface area contributed by atoms with Crippen molar-refractivity contribution in [3.63, 3.8) is 0 Å². The predicted octanol–water partition coefficient (Wildman–Crippen LogP) is 0.451. The molecule has 0 aliphatic carbocycles. The smallest absolute Gasteiger partial charge is 0.164 e. The maximum atomic E-state index is 10.3. The van der Waals surface area contributed by atoms with Gasteiger partial charge in [0, 0.05) is 13.2 Å². The highest BCUT2D eigenvalue weighted by molar-refractivity contribution is 7.72. The molecule has 3 N–H and O–H groups in total. The monoisotopic (exact) mass is 327 g/mol. The zero-order chi connectivity index (χ0) is 16.5. The molecule has 0 spiro atoms. The maximum Gasteiger partial charge on any atom is 0.164 e. The van der Waals surface area contributed by atoms with Crippen molar-refractivity contribution in [3.8, 4) is 0 Å². The molecule has 1 fully saturated rings. The van der Waals surface area contributed by atoms with Crippen LogP contribution in [0.5, 0.6) is 0 Å². The van der Waals surface area contributed by atoms with Crippen molar-refractivity contribution in [3.05, 3.63) is 24.7 Å². The van der Waals surface area contributed by atoms with Crippen molar-refractivity contribution in [2.75, 3.05) is 26.5 Å². The lowest BCUT2D eigenvalue weighted by atomic mass is 10.1. The summed E-state index contributed by atoms with van der Waals surface area (Å²) in [4.78, 5) is 5.73. The van der Waals surface area contributed by atoms with Crippen molar-refractivity contribution < 1.29 is 14.9 Å². The van der Waals surface area contributed by atoms with Crippen molar-refractivity contribution in [2.24, 2.45) is 4.99 Å². The number of hydrogen-bond acceptors (Lipinski definition) is 5. The standard InChI is InChI=1S/C15H26N3O3P/c1-10-17-12(16-2)6-8-18(10)15-14(20)13(19)11(21-15)7-9-22(3,4)5/h6,8,11,13-15,19-20H,1,3,7,9H2,2,4-5H3,(H,16,17)/t11?,13-,14-,15-/m1/s1. The van der Waals surface area contributed by atoms with Crippen LogP contribution in [0, 0.1) is 0 Å². The highest BCUT2D eigenvalue weighted by Crippen LogP contribution is 2.38. The van der Waals surface area contributed by atoms with Crippen LogP contribution in [-0.4, -0.2) is 78.3 Å². The predicted molar refractivity (Wildman–Crippen MR) is 92.7 cm³/mol. The second-order valence-corrected chi connectivity index (χ2v) is 10.7. The molecule has 2 heterocycles. The maximum absolute atomic E-state index is 10.3. The molecule has 0 radical (unpaired) electrons. The molecule has 22 heavy (non-hydrogen) atoms. The number of nitrogens with one attached hydrogen (secondary N) is 1. The Hall–Kier alpha value is -1.07. The van der Waals surface area contributed by atoms with Crippen LogP contribution in [0.2, 0.25) is 0 Å². The van der Waals surface area contributed by atoms with Crippen LogP contribution in [0.4, 0.5) is 0 Å². The second-order valence-electron chi connectivity index (χ2n) is 6.40. The average molecular weight is 327 g/mol. The fourth-order valence-corrected chi connectivity index (χ4v) is 3.49. The molecule has 7 heteroatoms. The fraction of sp³-hybridized carbons (Fsp3) is 0.600. The first-order valence-electron chi connectivity index (χ1n) is 7.31. The van der Waals surface area contributed by atoms with E-state index in [0.29, 0.717) is 18.1 Å². The Kier molecular flexibility index (Phi) is 5.17. The summed E-state index contributed by atoms with van der Waals surface area (Å²) in [5.74, 6) is 1.25. The molecule has 0 amide bonds. The lowest BCUT2D eigenvalue weighted by Crippen LogP contribution is -2.46. The molecule has 2 aliphatic heterocycles. The molecule has 2 rings (SSSR count). The van der Waals surface area contributed by atoms with Gasteiger partial charge < -0.3 is 25.2 Å². The number of rotatable bonds is 4. The molecule has 124 valence electrons. The van der Waals surface area contributed by atoms with Crippen molar-refractivity contribution in [2.45, 2.75) is 31.0 Å². The van der Waals surface area contributed by atoms with Gasteiger partial charge in [-0.15, -0.1) is 13.2 Å². The van der Waals surface area contributed by atoms with Gasteiger partial charge in [-0.25, -0.2) is 0 Å². The summed E-state index contributed by atoms with van der Waals surface area (Å²) in [6.07, 6.45) is 6.37. The molecule has 0 saturated carbocycles. The number of aliphatic hydroxyl groups is 2. The topological polar surface area (TPSA) is 77.3 Å². The number of ether oxygens (including phenoxy) is 1. The Morgan fingerprint density at radius 3 is 2.64 bits per heavy atom. The second kappa shape index (κ2) is 6.59. The summed E-state index contributed by atoms with van der Waals surface area (Å²) >= 11 is 0. The molecule has 0 aromatic heterocycles. The first kappa shape index (κ1) is 17.3. The molecular weight excluding hydrogens is 301 g/mol. The normalized spacial score (nSPS) is 34.3. The lowest BCUT2D eigenvalue weighted by molar-refractivity contribution is -0.0590. The number of nitrogens with zero attached hydrogens (tertiary/aromatic N) is 2. The Balaban J connectivity index is 2.07. The van der Waals surface area contributed by atoms with Gasteiger partial charge in [-0.1, -0.05) is 6.58 Å². The average Bonchev–Trinajstić information content (AvgIpc) is 2.72. The number of amidine groups is 1. The molecule has 1 saturated heterocycles. The van der Waals surface area contributed by atoms with Crippen LogP contribution >= 0.6 is 6.89 Å². The Morgan fingerprint density at radius 2 is 2.09 bits per heavy atom. The molecule has 4 atom stereocenters. The van der Waals surface area contributed by atoms with E-state index in [1.54, 1.807) is 24.2 Å². The van der Waals surface area contributed by atoms with Crippen molar-refractivity contribution in [1.29, 1.82) is 0 Å². The van der Waals surface area contributed by atoms with E-state index >= 15 is 0 Å². The van der Waals surface area contributed by atoms with Gasteiger partial charge in [-0.05, 0) is 32.0 Å². The summed E-state index contributed by atoms with van der Waals surface area (Å²) in [6.45, 7) is 7.02. The van der Waals surface area contributed by atoms with E-state index in [1.165, 1.54) is 0 Å². The first-order valence-corrected chi connectivity index (χ1v) is 10.4. The molecule has 1 unspecified atom stereocenters. The summed E-state index contributed by atoms with van der Waals surface area (Å²) in [7, 11) is 1.68. The van der Waals surface area contributed by atoms with Crippen LogP contribution in [0.3, 0.4) is 0 Å². The minimum Gasteiger partial charge on any atom is -0.388 e. The van der Waals surface area contributed by atoms with E-state index in [1.807, 2.05) is 0 Å². The molecule has 0 aromatic carbocycles. The van der Waals surface area contributed by atoms with E-state index in [2.05, 4.69) is 36.5 Å². The Labute approximate surface area is 132 Å². The van der Waals surface area contributed by atoms with Gasteiger partial charge in [0.25, 0.3) is 0 Å². The zero-order valence-corrected chi connectivity index (χ0v) is 14.3. The lowest BCUT2D eigenvalue weighted by Gasteiger charge is -2.33. The Morgan fingerprint density at radius 1 is 1.41 bits per heavy atom. The first-order chi connectivity index (χ1) is 10.2. The van der Waals surface area contributed by atoms with Gasteiger partial charge >= 0.3 is 0 Å². The summed E-state index contributed by atoms with van der Waals surface area (Å²) in [5, 5.41) is 23.5. The van der Waals surface area contributed by atoms with Gasteiger partial charge in [-0.3, -0.25) is 4.99 Å². The molecule has 2 aliphatic rings. The van der Waals surface area contributed by atoms with Gasteiger partial charge in [0.2, 0.25) is 0 Å². The number of aliphatic imine (C=N–C) groups is 1. The molecular formula is C15H26N3O3P. The minimum absolute atomic E-state index is 0.386. The van der Waals surface area contributed by atoms with E-state index < -0.39 is 25.3 Å². The van der Waals surface area contributed by atoms with Crippen LogP contribution in [0.1, 0.15) is 6.42 Å². The van der Waals surface area contributed by atoms with Crippen LogP contribution in [0.15, 0.2) is 29.7 Å². The summed E-state index contributed by atoms with van der Waals surface area (Å²) in [6, 6.07) is 0. The highest BCUT2D eigenvalue weighted by Gasteiger charge is 2.45. The van der Waals surface area contributed by atoms with Gasteiger partial charge in [0.05, 0.1) is 6.10 Å². The third-order valence-electron chi connectivity index (χ3n) is 3.85.